The number of allylic oxidation sites excluding steroid dienone is 6. The number of nitrogens with two attached hydrogens (primary N) is 1. The summed E-state index contributed by atoms with van der Waals surface area (Å²) in [7, 11) is 0. The van der Waals surface area contributed by atoms with Crippen LogP contribution in [0.2, 0.25) is 0 Å². The number of aromatic nitrogens is 4. The molecule has 3 N–H and O–H groups in total. The van der Waals surface area contributed by atoms with Crippen LogP contribution in [0.15, 0.2) is 96.8 Å². The Balaban J connectivity index is 1.53. The van der Waals surface area contributed by atoms with Gasteiger partial charge < -0.3 is 11.1 Å². The van der Waals surface area contributed by atoms with Crippen molar-refractivity contribution in [2.45, 2.75) is 39.5 Å². The van der Waals surface area contributed by atoms with Crippen LogP contribution < -0.4 is 11.1 Å². The lowest BCUT2D eigenvalue weighted by Crippen LogP contribution is -2.32. The van der Waals surface area contributed by atoms with Gasteiger partial charge in [0.15, 0.2) is 11.5 Å². The SMILES string of the molecule is C=CC(=O)Nc1ccc(-c2ccc3nc(-c4cccnc4N)n(C4=CC=C(CC)C5(CCC5)C(C)=C4)c3n2)cc1. The van der Waals surface area contributed by atoms with E-state index in [1.165, 1.54) is 36.5 Å². The third-order valence-electron chi connectivity index (χ3n) is 8.25. The molecule has 1 saturated carbocycles. The van der Waals surface area contributed by atoms with E-state index in [0.717, 1.165) is 40.1 Å². The first-order chi connectivity index (χ1) is 19.4. The van der Waals surface area contributed by atoms with Gasteiger partial charge in [0.25, 0.3) is 0 Å². The summed E-state index contributed by atoms with van der Waals surface area (Å²) in [6.07, 6.45) is 14.4. The molecule has 3 heterocycles. The number of amides is 1. The van der Waals surface area contributed by atoms with Gasteiger partial charge in [0.2, 0.25) is 5.91 Å². The lowest BCUT2D eigenvalue weighted by atomic mass is 9.59. The molecule has 1 amide bonds. The molecule has 0 bridgehead atoms. The highest BCUT2D eigenvalue weighted by Gasteiger charge is 2.41. The molecule has 3 aromatic heterocycles. The fourth-order valence-electron chi connectivity index (χ4n) is 5.92. The van der Waals surface area contributed by atoms with E-state index in [-0.39, 0.29) is 11.3 Å². The van der Waals surface area contributed by atoms with Crippen molar-refractivity contribution in [3.8, 4) is 22.6 Å². The van der Waals surface area contributed by atoms with Crippen LogP contribution >= 0.6 is 0 Å². The largest absolute Gasteiger partial charge is 0.383 e. The van der Waals surface area contributed by atoms with E-state index in [2.05, 4.69) is 53.5 Å². The molecule has 1 aromatic carbocycles. The Hall–Kier alpha value is -4.78. The van der Waals surface area contributed by atoms with Gasteiger partial charge in [-0.15, -0.1) is 0 Å². The number of pyridine rings is 2. The molecule has 0 aliphatic heterocycles. The number of hydrogen-bond donors (Lipinski definition) is 2. The van der Waals surface area contributed by atoms with Crippen LogP contribution in [0.1, 0.15) is 39.5 Å². The highest BCUT2D eigenvalue weighted by molar-refractivity contribution is 5.99. The highest BCUT2D eigenvalue weighted by Crippen LogP contribution is 2.54. The van der Waals surface area contributed by atoms with Crippen LogP contribution in [0, 0.1) is 5.41 Å². The van der Waals surface area contributed by atoms with Gasteiger partial charge in [-0.3, -0.25) is 9.36 Å². The topological polar surface area (TPSA) is 98.7 Å². The first-order valence-corrected chi connectivity index (χ1v) is 13.7. The maximum atomic E-state index is 11.7. The lowest BCUT2D eigenvalue weighted by molar-refractivity contribution is -0.111. The number of imidazole rings is 1. The lowest BCUT2D eigenvalue weighted by Gasteiger charge is -2.45. The Morgan fingerprint density at radius 2 is 1.93 bits per heavy atom. The second-order valence-electron chi connectivity index (χ2n) is 10.4. The summed E-state index contributed by atoms with van der Waals surface area (Å²) in [4.78, 5) is 26.1. The summed E-state index contributed by atoms with van der Waals surface area (Å²) in [6.45, 7) is 8.01. The maximum Gasteiger partial charge on any atom is 0.247 e. The van der Waals surface area contributed by atoms with Crippen LogP contribution in [0.5, 0.6) is 0 Å². The Morgan fingerprint density at radius 3 is 2.60 bits per heavy atom. The number of hydrogen-bond acceptors (Lipinski definition) is 5. The molecule has 1 fully saturated rings. The predicted molar refractivity (Wildman–Crippen MR) is 162 cm³/mol. The van der Waals surface area contributed by atoms with E-state index >= 15 is 0 Å². The second kappa shape index (κ2) is 10.1. The van der Waals surface area contributed by atoms with Gasteiger partial charge in [-0.25, -0.2) is 15.0 Å². The van der Waals surface area contributed by atoms with Crippen molar-refractivity contribution in [3.63, 3.8) is 0 Å². The Labute approximate surface area is 233 Å². The average molecular weight is 529 g/mol. The van der Waals surface area contributed by atoms with E-state index in [1.54, 1.807) is 6.20 Å². The molecule has 0 saturated heterocycles. The first kappa shape index (κ1) is 25.5. The minimum Gasteiger partial charge on any atom is -0.383 e. The van der Waals surface area contributed by atoms with E-state index in [4.69, 9.17) is 15.7 Å². The number of anilines is 2. The molecule has 200 valence electrons. The number of benzene rings is 1. The van der Waals surface area contributed by atoms with Crippen molar-refractivity contribution in [2.75, 3.05) is 11.1 Å². The van der Waals surface area contributed by atoms with E-state index in [9.17, 15) is 4.79 Å². The molecule has 6 rings (SSSR count). The number of nitrogens with one attached hydrogen (secondary N) is 1. The summed E-state index contributed by atoms with van der Waals surface area (Å²) < 4.78 is 2.11. The van der Waals surface area contributed by atoms with E-state index < -0.39 is 0 Å². The summed E-state index contributed by atoms with van der Waals surface area (Å²) in [5, 5.41) is 2.78. The number of carbonyl (C=O) groups excluding carboxylic acids is 1. The summed E-state index contributed by atoms with van der Waals surface area (Å²) in [5.74, 6) is 0.882. The smallest absolute Gasteiger partial charge is 0.247 e. The molecule has 0 atom stereocenters. The van der Waals surface area contributed by atoms with Crippen LogP contribution in [-0.4, -0.2) is 25.4 Å². The standard InChI is InChI=1S/C33H32N6O/c1-4-23-11-14-25(20-21(3)33(23)17-7-18-33)39-31(26-8-6-19-35-30(26)34)38-28-16-15-27(37-32(28)39)22-9-12-24(13-10-22)36-29(40)5-2/h5-6,8-16,19-20H,2,4,7,17-18H2,1,3H3,(H2,34,35)(H,36,40). The zero-order valence-corrected chi connectivity index (χ0v) is 22.8. The number of carbonyl (C=O) groups is 1. The molecular formula is C33H32N6O. The third-order valence-corrected chi connectivity index (χ3v) is 8.25. The van der Waals surface area contributed by atoms with E-state index in [1.807, 2.05) is 48.5 Å². The first-order valence-electron chi connectivity index (χ1n) is 13.7. The van der Waals surface area contributed by atoms with Crippen molar-refractivity contribution in [3.05, 3.63) is 96.8 Å². The zero-order chi connectivity index (χ0) is 27.9. The molecule has 40 heavy (non-hydrogen) atoms. The zero-order valence-electron chi connectivity index (χ0n) is 22.8. The minimum atomic E-state index is -0.248. The Bertz CT molecular complexity index is 1730. The van der Waals surface area contributed by atoms with Gasteiger partial charge in [0.05, 0.1) is 11.3 Å². The quantitative estimate of drug-likeness (QED) is 0.258. The van der Waals surface area contributed by atoms with Gasteiger partial charge in [-0.2, -0.15) is 0 Å². The monoisotopic (exact) mass is 528 g/mol. The Morgan fingerprint density at radius 1 is 1.12 bits per heavy atom. The Kier molecular flexibility index (Phi) is 6.42. The van der Waals surface area contributed by atoms with Crippen molar-refractivity contribution in [2.24, 2.45) is 5.41 Å². The van der Waals surface area contributed by atoms with E-state index in [0.29, 0.717) is 17.3 Å². The second-order valence-corrected chi connectivity index (χ2v) is 10.4. The molecule has 0 unspecified atom stereocenters. The van der Waals surface area contributed by atoms with Gasteiger partial charge in [-0.05, 0) is 80.8 Å². The number of fused-ring (bicyclic) bond motifs is 1. The van der Waals surface area contributed by atoms with Crippen LogP contribution in [0.25, 0.3) is 39.5 Å². The van der Waals surface area contributed by atoms with Crippen molar-refractivity contribution in [1.82, 2.24) is 19.5 Å². The summed E-state index contributed by atoms with van der Waals surface area (Å²) in [6, 6.07) is 15.4. The van der Waals surface area contributed by atoms with Crippen LogP contribution in [-0.2, 0) is 4.79 Å². The molecule has 2 aliphatic carbocycles. The van der Waals surface area contributed by atoms with Gasteiger partial charge in [0.1, 0.15) is 11.3 Å². The molecule has 4 aromatic rings. The summed E-state index contributed by atoms with van der Waals surface area (Å²) in [5.41, 5.74) is 15.1. The predicted octanol–water partition coefficient (Wildman–Crippen LogP) is 7.17. The van der Waals surface area contributed by atoms with Crippen molar-refractivity contribution >= 4 is 34.3 Å². The average Bonchev–Trinajstić information content (AvgIpc) is 3.24. The summed E-state index contributed by atoms with van der Waals surface area (Å²) >= 11 is 0. The molecule has 7 nitrogen and oxygen atoms in total. The fourth-order valence-corrected chi connectivity index (χ4v) is 5.92. The van der Waals surface area contributed by atoms with Crippen molar-refractivity contribution < 1.29 is 4.79 Å². The van der Waals surface area contributed by atoms with Gasteiger partial charge in [-0.1, -0.05) is 49.3 Å². The molecule has 2 aliphatic rings. The fraction of sp³-hybridized carbons (Fsp3) is 0.212. The number of nitrogen functional groups attached to an aromatic ring is 1. The van der Waals surface area contributed by atoms with Gasteiger partial charge >= 0.3 is 0 Å². The number of nitrogens with zero attached hydrogens (tertiary/aromatic N) is 4. The minimum absolute atomic E-state index is 0.151. The highest BCUT2D eigenvalue weighted by atomic mass is 16.1. The molecular weight excluding hydrogens is 496 g/mol. The normalized spacial score (nSPS) is 16.0. The van der Waals surface area contributed by atoms with Crippen LogP contribution in [0.3, 0.4) is 0 Å². The van der Waals surface area contributed by atoms with Gasteiger partial charge in [0, 0.05) is 28.6 Å². The third kappa shape index (κ3) is 4.24. The molecule has 0 radical (unpaired) electrons. The van der Waals surface area contributed by atoms with Crippen molar-refractivity contribution in [1.29, 1.82) is 0 Å². The molecule has 1 spiro atoms. The number of rotatable bonds is 6. The molecule has 7 heteroatoms. The van der Waals surface area contributed by atoms with Crippen LogP contribution in [0.4, 0.5) is 11.5 Å². The maximum absolute atomic E-state index is 11.7.